The number of nitrogens with one attached hydrogen (secondary N) is 1. The molecule has 0 heterocycles. The molecule has 4 heteroatoms. The highest BCUT2D eigenvalue weighted by Crippen LogP contribution is 2.21. The minimum atomic E-state index is -0.131. The van der Waals surface area contributed by atoms with Crippen LogP contribution in [-0.4, -0.2) is 18.7 Å². The number of carbonyl (C=O) groups is 1. The zero-order valence-corrected chi connectivity index (χ0v) is 13.9. The molecular formula is C20H22N2O2. The molecule has 3 rings (SSSR count). The Morgan fingerprint density at radius 1 is 1.08 bits per heavy atom. The lowest BCUT2D eigenvalue weighted by molar-refractivity contribution is -0.120. The number of aryl methyl sites for hydroxylation is 1. The van der Waals surface area contributed by atoms with E-state index < -0.39 is 0 Å². The van der Waals surface area contributed by atoms with Crippen LogP contribution < -0.4 is 10.2 Å². The monoisotopic (exact) mass is 322 g/mol. The fourth-order valence-corrected chi connectivity index (χ4v) is 3.07. The van der Waals surface area contributed by atoms with E-state index in [4.69, 9.17) is 4.74 Å². The molecular weight excluding hydrogens is 300 g/mol. The van der Waals surface area contributed by atoms with E-state index in [1.165, 1.54) is 5.56 Å². The van der Waals surface area contributed by atoms with E-state index in [9.17, 15) is 4.79 Å². The van der Waals surface area contributed by atoms with Gasteiger partial charge in [-0.1, -0.05) is 42.5 Å². The molecule has 4 nitrogen and oxygen atoms in total. The smallest absolute Gasteiger partial charge is 0.244 e. The first kappa shape index (κ1) is 16.2. The molecule has 1 aliphatic rings. The van der Waals surface area contributed by atoms with Crippen molar-refractivity contribution in [2.75, 3.05) is 7.11 Å². The third kappa shape index (κ3) is 3.82. The number of fused-ring (bicyclic) bond motifs is 1. The van der Waals surface area contributed by atoms with Crippen molar-refractivity contribution in [3.63, 3.8) is 0 Å². The molecule has 0 atom stereocenters. The summed E-state index contributed by atoms with van der Waals surface area (Å²) in [5.41, 5.74) is 7.02. The lowest BCUT2D eigenvalue weighted by atomic mass is 10.0. The summed E-state index contributed by atoms with van der Waals surface area (Å²) in [5.74, 6) is 0.592. The van der Waals surface area contributed by atoms with Gasteiger partial charge in [0, 0.05) is 11.1 Å². The number of nitrogens with zero attached hydrogens (tertiary/aromatic N) is 1. The fraction of sp³-hybridized carbons (Fsp3) is 0.300. The second kappa shape index (κ2) is 7.77. The molecule has 0 aliphatic heterocycles. The third-order valence-corrected chi connectivity index (χ3v) is 4.30. The normalized spacial score (nSPS) is 15.5. The molecule has 24 heavy (non-hydrogen) atoms. The average molecular weight is 322 g/mol. The van der Waals surface area contributed by atoms with E-state index in [0.29, 0.717) is 0 Å². The molecule has 1 amide bonds. The van der Waals surface area contributed by atoms with Crippen LogP contribution in [0.1, 0.15) is 36.0 Å². The van der Waals surface area contributed by atoms with Gasteiger partial charge in [0.2, 0.25) is 5.91 Å². The number of hydrazone groups is 1. The van der Waals surface area contributed by atoms with E-state index in [1.54, 1.807) is 7.11 Å². The molecule has 124 valence electrons. The van der Waals surface area contributed by atoms with Gasteiger partial charge in [-0.3, -0.25) is 4.79 Å². The first-order chi connectivity index (χ1) is 11.8. The van der Waals surface area contributed by atoms with Crippen LogP contribution in [0.25, 0.3) is 0 Å². The quantitative estimate of drug-likeness (QED) is 0.692. The Kier molecular flexibility index (Phi) is 5.26. The Labute approximate surface area is 142 Å². The molecule has 2 aromatic rings. The number of rotatable bonds is 4. The van der Waals surface area contributed by atoms with Crippen molar-refractivity contribution >= 4 is 11.6 Å². The van der Waals surface area contributed by atoms with Gasteiger partial charge in [-0.15, -0.1) is 0 Å². The van der Waals surface area contributed by atoms with Crippen LogP contribution in [-0.2, 0) is 17.6 Å². The maximum absolute atomic E-state index is 12.2. The van der Waals surface area contributed by atoms with Gasteiger partial charge in [-0.25, -0.2) is 5.43 Å². The zero-order valence-electron chi connectivity index (χ0n) is 13.9. The number of ether oxygens (including phenoxy) is 1. The van der Waals surface area contributed by atoms with E-state index >= 15 is 0 Å². The molecule has 1 aliphatic carbocycles. The highest BCUT2D eigenvalue weighted by molar-refractivity contribution is 6.02. The summed E-state index contributed by atoms with van der Waals surface area (Å²) in [7, 11) is 1.61. The van der Waals surface area contributed by atoms with Crippen LogP contribution in [0, 0.1) is 0 Å². The predicted octanol–water partition coefficient (Wildman–Crippen LogP) is 3.48. The Hall–Kier alpha value is -2.62. The van der Waals surface area contributed by atoms with Crippen molar-refractivity contribution in [1.29, 1.82) is 0 Å². The van der Waals surface area contributed by atoms with Crippen LogP contribution in [0.3, 0.4) is 0 Å². The predicted molar refractivity (Wildman–Crippen MR) is 95.4 cm³/mol. The molecule has 0 fully saturated rings. The second-order valence-electron chi connectivity index (χ2n) is 5.95. The van der Waals surface area contributed by atoms with E-state index in [-0.39, 0.29) is 12.3 Å². The summed E-state index contributed by atoms with van der Waals surface area (Å²) in [6.07, 6.45) is 4.47. The summed E-state index contributed by atoms with van der Waals surface area (Å²) >= 11 is 0. The molecule has 2 aromatic carbocycles. The molecule has 0 radical (unpaired) electrons. The first-order valence-electron chi connectivity index (χ1n) is 8.33. The molecule has 0 bridgehead atoms. The van der Waals surface area contributed by atoms with Crippen molar-refractivity contribution in [2.45, 2.75) is 32.1 Å². The van der Waals surface area contributed by atoms with Crippen molar-refractivity contribution in [2.24, 2.45) is 5.10 Å². The third-order valence-electron chi connectivity index (χ3n) is 4.30. The van der Waals surface area contributed by atoms with Crippen molar-refractivity contribution in [3.05, 3.63) is 65.2 Å². The second-order valence-corrected chi connectivity index (χ2v) is 5.95. The van der Waals surface area contributed by atoms with Gasteiger partial charge in [0.25, 0.3) is 0 Å². The number of carbonyl (C=O) groups excluding carboxylic acids is 1. The lowest BCUT2D eigenvalue weighted by Gasteiger charge is -2.09. The van der Waals surface area contributed by atoms with Crippen molar-refractivity contribution in [3.8, 4) is 5.75 Å². The van der Waals surface area contributed by atoms with Gasteiger partial charge >= 0.3 is 0 Å². The summed E-state index contributed by atoms with van der Waals surface area (Å²) in [5, 5.41) is 4.41. The molecule has 1 N–H and O–H groups in total. The van der Waals surface area contributed by atoms with Gasteiger partial charge in [0.05, 0.1) is 19.2 Å². The molecule has 0 aromatic heterocycles. The number of para-hydroxylation sites is 1. The Balaban J connectivity index is 1.72. The number of methoxy groups -OCH3 is 1. The van der Waals surface area contributed by atoms with E-state index in [2.05, 4.69) is 28.7 Å². The highest BCUT2D eigenvalue weighted by Gasteiger charge is 2.14. The largest absolute Gasteiger partial charge is 0.496 e. The van der Waals surface area contributed by atoms with E-state index in [1.807, 2.05) is 30.3 Å². The van der Waals surface area contributed by atoms with Gasteiger partial charge in [-0.05, 0) is 37.3 Å². The molecule has 0 unspecified atom stereocenters. The van der Waals surface area contributed by atoms with Crippen LogP contribution in [0.5, 0.6) is 5.75 Å². The number of hydrogen-bond donors (Lipinski definition) is 1. The Morgan fingerprint density at radius 3 is 2.71 bits per heavy atom. The maximum atomic E-state index is 12.2. The van der Waals surface area contributed by atoms with Gasteiger partial charge < -0.3 is 4.74 Å². The molecule has 0 saturated carbocycles. The van der Waals surface area contributed by atoms with Crippen molar-refractivity contribution < 1.29 is 9.53 Å². The van der Waals surface area contributed by atoms with Gasteiger partial charge in [-0.2, -0.15) is 5.10 Å². The summed E-state index contributed by atoms with van der Waals surface area (Å²) in [6.45, 7) is 0. The SMILES string of the molecule is COc1ccccc1CC(=O)N/N=C1/CCCCc2ccccc21. The summed E-state index contributed by atoms with van der Waals surface area (Å²) in [6, 6.07) is 15.9. The van der Waals surface area contributed by atoms with E-state index in [0.717, 1.165) is 48.3 Å². The summed E-state index contributed by atoms with van der Waals surface area (Å²) in [4.78, 5) is 12.2. The zero-order chi connectivity index (χ0) is 16.8. The number of amides is 1. The minimum absolute atomic E-state index is 0.131. The lowest BCUT2D eigenvalue weighted by Crippen LogP contribution is -2.22. The van der Waals surface area contributed by atoms with Gasteiger partial charge in [0.15, 0.2) is 0 Å². The van der Waals surface area contributed by atoms with Gasteiger partial charge in [0.1, 0.15) is 5.75 Å². The average Bonchev–Trinajstić information content (AvgIpc) is 2.83. The van der Waals surface area contributed by atoms with Crippen LogP contribution in [0.4, 0.5) is 0 Å². The first-order valence-corrected chi connectivity index (χ1v) is 8.33. The Morgan fingerprint density at radius 2 is 1.83 bits per heavy atom. The van der Waals surface area contributed by atoms with Crippen molar-refractivity contribution in [1.82, 2.24) is 5.43 Å². The number of benzene rings is 2. The fourth-order valence-electron chi connectivity index (χ4n) is 3.07. The minimum Gasteiger partial charge on any atom is -0.496 e. The standard InChI is InChI=1S/C20H22N2O2/c1-24-19-13-7-4-10-16(19)14-20(23)22-21-18-12-6-3-9-15-8-2-5-11-17(15)18/h2,4-5,7-8,10-11,13H,3,6,9,12,14H2,1H3,(H,22,23)/b21-18-. The molecule has 0 saturated heterocycles. The van der Waals surface area contributed by atoms with Crippen LogP contribution in [0.2, 0.25) is 0 Å². The summed E-state index contributed by atoms with van der Waals surface area (Å²) < 4.78 is 5.29. The number of hydrogen-bond acceptors (Lipinski definition) is 3. The van der Waals surface area contributed by atoms with Crippen LogP contribution >= 0.6 is 0 Å². The topological polar surface area (TPSA) is 50.7 Å². The van der Waals surface area contributed by atoms with Crippen LogP contribution in [0.15, 0.2) is 53.6 Å². The molecule has 0 spiro atoms. The maximum Gasteiger partial charge on any atom is 0.244 e. The Bertz CT molecular complexity index is 753. The highest BCUT2D eigenvalue weighted by atomic mass is 16.5.